The summed E-state index contributed by atoms with van der Waals surface area (Å²) in [6, 6.07) is 6.25. The van der Waals surface area contributed by atoms with Gasteiger partial charge in [0.25, 0.3) is 0 Å². The summed E-state index contributed by atoms with van der Waals surface area (Å²) in [4.78, 5) is 0.243. The molecule has 0 fully saturated rings. The smallest absolute Gasteiger partial charge is 0.240 e. The maximum atomic E-state index is 11.7. The number of nitrogens with two attached hydrogens (primary N) is 1. The normalized spacial score (nSPS) is 11.4. The third-order valence-corrected chi connectivity index (χ3v) is 4.02. The predicted octanol–water partition coefficient (Wildman–Crippen LogP) is 0.614. The van der Waals surface area contributed by atoms with Crippen LogP contribution in [0.1, 0.15) is 0 Å². The molecule has 90 valence electrons. The number of sulfonamides is 1. The summed E-state index contributed by atoms with van der Waals surface area (Å²) in [5.74, 6) is 5.94. The van der Waals surface area contributed by atoms with Gasteiger partial charge in [-0.05, 0) is 30.5 Å². The Bertz CT molecular complexity index is 417. The van der Waals surface area contributed by atoms with Gasteiger partial charge in [-0.15, -0.1) is 0 Å². The molecular formula is C9H15N3O2S2. The maximum Gasteiger partial charge on any atom is 0.240 e. The van der Waals surface area contributed by atoms with Gasteiger partial charge in [-0.25, -0.2) is 13.1 Å². The molecule has 0 aliphatic heterocycles. The van der Waals surface area contributed by atoms with E-state index in [1.165, 1.54) is 12.1 Å². The molecule has 0 saturated carbocycles. The summed E-state index contributed by atoms with van der Waals surface area (Å²) in [5.41, 5.74) is 3.11. The van der Waals surface area contributed by atoms with Crippen LogP contribution < -0.4 is 16.0 Å². The van der Waals surface area contributed by atoms with E-state index in [1.807, 2.05) is 6.26 Å². The van der Waals surface area contributed by atoms with E-state index in [4.69, 9.17) is 5.84 Å². The fourth-order valence-corrected chi connectivity index (χ4v) is 2.56. The summed E-state index contributed by atoms with van der Waals surface area (Å²) in [6.07, 6.45) is 1.93. The van der Waals surface area contributed by atoms with Crippen LogP contribution in [0.3, 0.4) is 0 Å². The van der Waals surface area contributed by atoms with Gasteiger partial charge in [-0.1, -0.05) is 0 Å². The number of nitrogens with one attached hydrogen (secondary N) is 2. The van der Waals surface area contributed by atoms with Crippen molar-refractivity contribution in [3.05, 3.63) is 24.3 Å². The number of hydrogen-bond donors (Lipinski definition) is 3. The molecule has 0 aliphatic carbocycles. The molecule has 0 heterocycles. The first-order valence-corrected chi connectivity index (χ1v) is 7.53. The van der Waals surface area contributed by atoms with Crippen molar-refractivity contribution in [1.29, 1.82) is 0 Å². The highest BCUT2D eigenvalue weighted by Crippen LogP contribution is 2.12. The molecule has 5 nitrogen and oxygen atoms in total. The first-order chi connectivity index (χ1) is 7.60. The van der Waals surface area contributed by atoms with Crippen molar-refractivity contribution in [3.8, 4) is 0 Å². The minimum atomic E-state index is -3.39. The van der Waals surface area contributed by atoms with Crippen LogP contribution in [-0.4, -0.2) is 27.0 Å². The van der Waals surface area contributed by atoms with E-state index in [0.29, 0.717) is 12.2 Å². The summed E-state index contributed by atoms with van der Waals surface area (Å²) < 4.78 is 26.0. The monoisotopic (exact) mass is 261 g/mol. The predicted molar refractivity (Wildman–Crippen MR) is 67.8 cm³/mol. The van der Waals surface area contributed by atoms with E-state index < -0.39 is 10.0 Å². The Hall–Kier alpha value is -0.760. The molecule has 7 heteroatoms. The lowest BCUT2D eigenvalue weighted by Gasteiger charge is -2.06. The van der Waals surface area contributed by atoms with Crippen LogP contribution in [0.15, 0.2) is 29.2 Å². The molecule has 0 radical (unpaired) electrons. The van der Waals surface area contributed by atoms with Crippen LogP contribution >= 0.6 is 11.8 Å². The largest absolute Gasteiger partial charge is 0.324 e. The van der Waals surface area contributed by atoms with Crippen molar-refractivity contribution >= 4 is 27.5 Å². The Kier molecular flexibility index (Phi) is 5.07. The van der Waals surface area contributed by atoms with Gasteiger partial charge in [0.2, 0.25) is 10.0 Å². The van der Waals surface area contributed by atoms with Gasteiger partial charge in [0, 0.05) is 18.0 Å². The fourth-order valence-electron chi connectivity index (χ4n) is 1.09. The Balaban J connectivity index is 2.74. The van der Waals surface area contributed by atoms with Crippen LogP contribution in [0.5, 0.6) is 0 Å². The van der Waals surface area contributed by atoms with Crippen LogP contribution in [0.2, 0.25) is 0 Å². The molecule has 16 heavy (non-hydrogen) atoms. The number of thioether (sulfide) groups is 1. The quantitative estimate of drug-likeness (QED) is 0.397. The van der Waals surface area contributed by atoms with Gasteiger partial charge >= 0.3 is 0 Å². The van der Waals surface area contributed by atoms with Gasteiger partial charge in [0.15, 0.2) is 0 Å². The summed E-state index contributed by atoms with van der Waals surface area (Å²) >= 11 is 1.59. The van der Waals surface area contributed by atoms with Gasteiger partial charge in [0.05, 0.1) is 4.90 Å². The highest BCUT2D eigenvalue weighted by atomic mass is 32.2. The number of rotatable bonds is 6. The van der Waals surface area contributed by atoms with Gasteiger partial charge in [-0.2, -0.15) is 11.8 Å². The molecule has 4 N–H and O–H groups in total. The minimum Gasteiger partial charge on any atom is -0.324 e. The zero-order valence-electron chi connectivity index (χ0n) is 8.93. The van der Waals surface area contributed by atoms with Crippen molar-refractivity contribution in [2.75, 3.05) is 24.0 Å². The van der Waals surface area contributed by atoms with Crippen molar-refractivity contribution in [1.82, 2.24) is 4.72 Å². The Labute approximate surface area is 99.8 Å². The number of nitrogen functional groups attached to an aromatic ring is 1. The molecule has 0 aromatic heterocycles. The minimum absolute atomic E-state index is 0.243. The second-order valence-corrected chi connectivity index (χ2v) is 5.81. The third kappa shape index (κ3) is 3.67. The Morgan fingerprint density at radius 2 is 1.94 bits per heavy atom. The molecule has 0 amide bonds. The Morgan fingerprint density at radius 1 is 1.31 bits per heavy atom. The number of anilines is 1. The second-order valence-electron chi connectivity index (χ2n) is 3.06. The van der Waals surface area contributed by atoms with Gasteiger partial charge in [0.1, 0.15) is 0 Å². The van der Waals surface area contributed by atoms with E-state index in [-0.39, 0.29) is 4.90 Å². The number of hydrazine groups is 1. The van der Waals surface area contributed by atoms with Crippen LogP contribution in [-0.2, 0) is 10.0 Å². The fraction of sp³-hybridized carbons (Fsp3) is 0.333. The molecule has 0 atom stereocenters. The molecule has 1 aromatic carbocycles. The lowest BCUT2D eigenvalue weighted by Crippen LogP contribution is -2.26. The van der Waals surface area contributed by atoms with Crippen LogP contribution in [0.4, 0.5) is 5.69 Å². The standard InChI is InChI=1S/C9H15N3O2S2/c1-15-7-6-11-16(13,14)9-4-2-8(12-10)3-5-9/h2-5,11-12H,6-7,10H2,1H3. The van der Waals surface area contributed by atoms with Crippen LogP contribution in [0.25, 0.3) is 0 Å². The molecular weight excluding hydrogens is 246 g/mol. The molecule has 0 aliphatic rings. The molecule has 0 unspecified atom stereocenters. The molecule has 1 aromatic rings. The molecule has 0 bridgehead atoms. The summed E-state index contributed by atoms with van der Waals surface area (Å²) in [5, 5.41) is 0. The second kappa shape index (κ2) is 6.09. The lowest BCUT2D eigenvalue weighted by molar-refractivity contribution is 0.584. The van der Waals surface area contributed by atoms with Crippen molar-refractivity contribution in [2.24, 2.45) is 5.84 Å². The van der Waals surface area contributed by atoms with E-state index in [0.717, 1.165) is 5.75 Å². The van der Waals surface area contributed by atoms with Crippen LogP contribution in [0, 0.1) is 0 Å². The molecule has 1 rings (SSSR count). The zero-order chi connectivity index (χ0) is 12.0. The number of hydrogen-bond acceptors (Lipinski definition) is 5. The summed E-state index contributed by atoms with van der Waals surface area (Å²) in [6.45, 7) is 0.431. The topological polar surface area (TPSA) is 84.2 Å². The Morgan fingerprint density at radius 3 is 2.44 bits per heavy atom. The first-order valence-electron chi connectivity index (χ1n) is 4.65. The average molecular weight is 261 g/mol. The summed E-state index contributed by atoms with van der Waals surface area (Å²) in [7, 11) is -3.39. The van der Waals surface area contributed by atoms with Crippen molar-refractivity contribution in [3.63, 3.8) is 0 Å². The van der Waals surface area contributed by atoms with Crippen molar-refractivity contribution < 1.29 is 8.42 Å². The highest BCUT2D eigenvalue weighted by Gasteiger charge is 2.12. The molecule has 0 saturated heterocycles. The third-order valence-electron chi connectivity index (χ3n) is 1.93. The van der Waals surface area contributed by atoms with Crippen molar-refractivity contribution in [2.45, 2.75) is 4.90 Å². The van der Waals surface area contributed by atoms with E-state index >= 15 is 0 Å². The SMILES string of the molecule is CSCCNS(=O)(=O)c1ccc(NN)cc1. The highest BCUT2D eigenvalue weighted by molar-refractivity contribution is 7.98. The van der Waals surface area contributed by atoms with Gasteiger partial charge in [-0.3, -0.25) is 5.84 Å². The van der Waals surface area contributed by atoms with E-state index in [2.05, 4.69) is 10.1 Å². The first kappa shape index (κ1) is 13.3. The zero-order valence-corrected chi connectivity index (χ0v) is 10.6. The number of benzene rings is 1. The van der Waals surface area contributed by atoms with E-state index in [9.17, 15) is 8.42 Å². The average Bonchev–Trinajstić information content (AvgIpc) is 2.29. The maximum absolute atomic E-state index is 11.7. The van der Waals surface area contributed by atoms with Gasteiger partial charge < -0.3 is 5.43 Å². The lowest BCUT2D eigenvalue weighted by atomic mass is 10.3. The molecule has 0 spiro atoms. The van der Waals surface area contributed by atoms with E-state index in [1.54, 1.807) is 23.9 Å².